The molecule has 2 rings (SSSR count). The van der Waals surface area contributed by atoms with E-state index in [2.05, 4.69) is 4.90 Å². The van der Waals surface area contributed by atoms with Crippen molar-refractivity contribution in [2.45, 2.75) is 32.2 Å². The van der Waals surface area contributed by atoms with E-state index < -0.39 is 17.6 Å². The Balaban J connectivity index is 1.80. The number of carbonyl (C=O) groups excluding carboxylic acids is 1. The molecule has 0 aliphatic rings. The molecule has 0 bridgehead atoms. The molecule has 28 heavy (non-hydrogen) atoms. The molecule has 0 heterocycles. The van der Waals surface area contributed by atoms with E-state index in [1.807, 2.05) is 7.05 Å². The monoisotopic (exact) mass is 410 g/mol. The van der Waals surface area contributed by atoms with E-state index in [0.29, 0.717) is 12.8 Å². The average Bonchev–Trinajstić information content (AvgIpc) is 2.68. The number of unbranched alkanes of at least 4 members (excludes halogenated alkanes) is 1. The van der Waals surface area contributed by atoms with Crippen LogP contribution in [0.25, 0.3) is 0 Å². The zero-order valence-electron chi connectivity index (χ0n) is 15.8. The zero-order chi connectivity index (χ0) is 20.5. The van der Waals surface area contributed by atoms with Crippen molar-refractivity contribution in [2.75, 3.05) is 13.6 Å². The van der Waals surface area contributed by atoms with E-state index in [-0.39, 0.29) is 10.8 Å². The molecule has 0 aliphatic heterocycles. The average molecular weight is 411 g/mol. The van der Waals surface area contributed by atoms with Gasteiger partial charge in [-0.1, -0.05) is 36.2 Å². The highest BCUT2D eigenvalue weighted by atomic mass is 35.5. The van der Waals surface area contributed by atoms with Crippen molar-refractivity contribution in [1.29, 1.82) is 0 Å². The molecule has 0 radical (unpaired) electrons. The minimum atomic E-state index is -0.502. The fourth-order valence-electron chi connectivity index (χ4n) is 3.12. The Bertz CT molecular complexity index is 772. The van der Waals surface area contributed by atoms with Crippen LogP contribution in [0.5, 0.6) is 0 Å². The first-order chi connectivity index (χ1) is 13.4. The van der Waals surface area contributed by atoms with Crippen LogP contribution in [0.2, 0.25) is 5.02 Å². The molecule has 4 nitrogen and oxygen atoms in total. The highest BCUT2D eigenvalue weighted by Gasteiger charge is 2.19. The summed E-state index contributed by atoms with van der Waals surface area (Å²) >= 11 is 5.80. The van der Waals surface area contributed by atoms with Crippen LogP contribution in [0.3, 0.4) is 0 Å². The fraction of sp³-hybridized carbons (Fsp3) is 0.381. The Labute approximate surface area is 169 Å². The molecule has 0 saturated heterocycles. The summed E-state index contributed by atoms with van der Waals surface area (Å²) in [6.45, 7) is 1.54. The van der Waals surface area contributed by atoms with E-state index in [1.54, 1.807) is 23.7 Å². The highest BCUT2D eigenvalue weighted by molar-refractivity contribution is 6.30. The van der Waals surface area contributed by atoms with Crippen LogP contribution in [-0.2, 0) is 17.8 Å². The third kappa shape index (κ3) is 7.19. The van der Waals surface area contributed by atoms with E-state index >= 15 is 0 Å². The lowest BCUT2D eigenvalue weighted by molar-refractivity contribution is -0.133. The van der Waals surface area contributed by atoms with Crippen LogP contribution in [0.4, 0.5) is 8.78 Å². The lowest BCUT2D eigenvalue weighted by Crippen LogP contribution is -2.29. The lowest BCUT2D eigenvalue weighted by atomic mass is 9.93. The van der Waals surface area contributed by atoms with Crippen molar-refractivity contribution in [2.24, 2.45) is 5.92 Å². The molecule has 1 amide bonds. The third-order valence-corrected chi connectivity index (χ3v) is 4.94. The first-order valence-electron chi connectivity index (χ1n) is 9.20. The maximum atomic E-state index is 13.3. The van der Waals surface area contributed by atoms with E-state index in [4.69, 9.17) is 16.8 Å². The van der Waals surface area contributed by atoms with Crippen molar-refractivity contribution in [3.8, 4) is 0 Å². The predicted molar refractivity (Wildman–Crippen MR) is 105 cm³/mol. The summed E-state index contributed by atoms with van der Waals surface area (Å²) < 4.78 is 26.2. The van der Waals surface area contributed by atoms with E-state index in [9.17, 15) is 13.6 Å². The number of hydrogen-bond donors (Lipinski definition) is 2. The molecule has 1 unspecified atom stereocenters. The summed E-state index contributed by atoms with van der Waals surface area (Å²) in [5.74, 6) is -1.63. The van der Waals surface area contributed by atoms with Gasteiger partial charge in [-0.2, -0.15) is 0 Å². The molecule has 1 atom stereocenters. The highest BCUT2D eigenvalue weighted by Crippen LogP contribution is 2.21. The van der Waals surface area contributed by atoms with Gasteiger partial charge in [0.15, 0.2) is 0 Å². The number of amides is 1. The number of carbonyl (C=O) groups is 1. The molecule has 2 aromatic carbocycles. The van der Waals surface area contributed by atoms with Gasteiger partial charge in [0.1, 0.15) is 11.6 Å². The van der Waals surface area contributed by atoms with Crippen LogP contribution in [0.1, 0.15) is 30.4 Å². The molecule has 152 valence electrons. The molecule has 0 saturated carbocycles. The number of benzene rings is 2. The Morgan fingerprint density at radius 3 is 2.46 bits per heavy atom. The SMILES string of the molecule is CN(CCCCC(Cc1ccc(F)c(Cl)c1)C(=O)NO)Cc1ccc(F)cc1. The number of hydrogen-bond acceptors (Lipinski definition) is 3. The minimum Gasteiger partial charge on any atom is -0.302 e. The van der Waals surface area contributed by atoms with Gasteiger partial charge in [0.25, 0.3) is 0 Å². The second-order valence-corrected chi connectivity index (χ2v) is 7.39. The summed E-state index contributed by atoms with van der Waals surface area (Å²) in [6, 6.07) is 10.8. The van der Waals surface area contributed by atoms with Crippen molar-refractivity contribution >= 4 is 17.5 Å². The first kappa shape index (κ1) is 22.3. The summed E-state index contributed by atoms with van der Waals surface area (Å²) in [5.41, 5.74) is 3.49. The third-order valence-electron chi connectivity index (χ3n) is 4.66. The summed E-state index contributed by atoms with van der Waals surface area (Å²) in [5, 5.41) is 9.01. The summed E-state index contributed by atoms with van der Waals surface area (Å²) in [6.07, 6.45) is 2.63. The van der Waals surface area contributed by atoms with Gasteiger partial charge in [-0.05, 0) is 68.2 Å². The summed E-state index contributed by atoms with van der Waals surface area (Å²) in [4.78, 5) is 14.1. The van der Waals surface area contributed by atoms with Crippen molar-refractivity contribution in [1.82, 2.24) is 10.4 Å². The molecule has 2 N–H and O–H groups in total. The minimum absolute atomic E-state index is 0.0167. The number of halogens is 3. The van der Waals surface area contributed by atoms with E-state index in [1.165, 1.54) is 24.3 Å². The van der Waals surface area contributed by atoms with Crippen molar-refractivity contribution < 1.29 is 18.8 Å². The predicted octanol–water partition coefficient (Wildman–Crippen LogP) is 4.58. The van der Waals surface area contributed by atoms with Crippen LogP contribution in [-0.4, -0.2) is 29.6 Å². The Morgan fingerprint density at radius 2 is 1.82 bits per heavy atom. The van der Waals surface area contributed by atoms with Gasteiger partial charge in [0.2, 0.25) is 5.91 Å². The summed E-state index contributed by atoms with van der Waals surface area (Å²) in [7, 11) is 1.99. The number of nitrogens with one attached hydrogen (secondary N) is 1. The van der Waals surface area contributed by atoms with Crippen molar-refractivity contribution in [3.63, 3.8) is 0 Å². The normalized spacial score (nSPS) is 12.2. The Morgan fingerprint density at radius 1 is 1.14 bits per heavy atom. The number of hydroxylamine groups is 1. The zero-order valence-corrected chi connectivity index (χ0v) is 16.6. The van der Waals surface area contributed by atoms with E-state index in [0.717, 1.165) is 37.1 Å². The smallest absolute Gasteiger partial charge is 0.246 e. The van der Waals surface area contributed by atoms with Gasteiger partial charge in [0, 0.05) is 12.5 Å². The Kier molecular flexibility index (Phi) is 8.83. The molecule has 0 aliphatic carbocycles. The van der Waals surface area contributed by atoms with Crippen LogP contribution in [0.15, 0.2) is 42.5 Å². The van der Waals surface area contributed by atoms with Gasteiger partial charge in [-0.25, -0.2) is 14.3 Å². The fourth-order valence-corrected chi connectivity index (χ4v) is 3.32. The molecular formula is C21H25ClF2N2O2. The maximum Gasteiger partial charge on any atom is 0.246 e. The number of nitrogens with zero attached hydrogens (tertiary/aromatic N) is 1. The second kappa shape index (κ2) is 11.1. The topological polar surface area (TPSA) is 52.6 Å². The van der Waals surface area contributed by atoms with Crippen LogP contribution in [0, 0.1) is 17.6 Å². The molecule has 7 heteroatoms. The van der Waals surface area contributed by atoms with Crippen LogP contribution < -0.4 is 5.48 Å². The molecule has 0 aromatic heterocycles. The van der Waals surface area contributed by atoms with Crippen molar-refractivity contribution in [3.05, 3.63) is 70.2 Å². The van der Waals surface area contributed by atoms with Gasteiger partial charge in [-0.15, -0.1) is 0 Å². The standard InChI is InChI=1S/C21H25ClF2N2O2/c1-26(14-15-5-8-18(23)9-6-15)11-3-2-4-17(21(27)25-28)12-16-7-10-20(24)19(22)13-16/h5-10,13,17,28H,2-4,11-12,14H2,1H3,(H,25,27). The molecular weight excluding hydrogens is 386 g/mol. The maximum absolute atomic E-state index is 13.3. The molecule has 2 aromatic rings. The van der Waals surface area contributed by atoms with Gasteiger partial charge < -0.3 is 4.90 Å². The van der Waals surface area contributed by atoms with Crippen LogP contribution >= 0.6 is 11.6 Å². The van der Waals surface area contributed by atoms with Gasteiger partial charge in [0.05, 0.1) is 5.02 Å². The molecule has 0 spiro atoms. The second-order valence-electron chi connectivity index (χ2n) is 6.99. The first-order valence-corrected chi connectivity index (χ1v) is 9.57. The van der Waals surface area contributed by atoms with Gasteiger partial charge in [-0.3, -0.25) is 10.0 Å². The lowest BCUT2D eigenvalue weighted by Gasteiger charge is -2.18. The quantitative estimate of drug-likeness (QED) is 0.342. The largest absolute Gasteiger partial charge is 0.302 e. The van der Waals surface area contributed by atoms with Gasteiger partial charge >= 0.3 is 0 Å². The number of rotatable bonds is 10. The molecule has 0 fully saturated rings. The Hall–Kier alpha value is -2.02.